The summed E-state index contributed by atoms with van der Waals surface area (Å²) in [5.74, 6) is 0. The fourth-order valence-corrected chi connectivity index (χ4v) is 2.71. The number of hydrogen-bond acceptors (Lipinski definition) is 0. The molecule has 0 saturated carbocycles. The lowest BCUT2D eigenvalue weighted by atomic mass is 10.0. The van der Waals surface area contributed by atoms with E-state index in [9.17, 15) is 0 Å². The molecule has 0 aliphatic carbocycles. The summed E-state index contributed by atoms with van der Waals surface area (Å²) in [4.78, 5) is 3.36. The zero-order valence-corrected chi connectivity index (χ0v) is 12.6. The van der Waals surface area contributed by atoms with E-state index in [1.165, 1.54) is 69.0 Å². The van der Waals surface area contributed by atoms with Gasteiger partial charge in [0.1, 0.15) is 0 Å². The van der Waals surface area contributed by atoms with Crippen LogP contribution in [0.15, 0.2) is 6.20 Å². The van der Waals surface area contributed by atoms with E-state index in [0.717, 1.165) is 6.42 Å². The van der Waals surface area contributed by atoms with Crippen molar-refractivity contribution in [1.82, 2.24) is 4.98 Å². The van der Waals surface area contributed by atoms with Gasteiger partial charge < -0.3 is 4.98 Å². The van der Waals surface area contributed by atoms with Gasteiger partial charge in [-0.2, -0.15) is 0 Å². The van der Waals surface area contributed by atoms with E-state index in [-0.39, 0.29) is 0 Å². The first kappa shape index (κ1) is 15.3. The number of H-pyrrole nitrogens is 1. The van der Waals surface area contributed by atoms with Crippen LogP contribution >= 0.6 is 0 Å². The Morgan fingerprint density at radius 3 is 2.11 bits per heavy atom. The second-order valence-electron chi connectivity index (χ2n) is 5.50. The van der Waals surface area contributed by atoms with Crippen LogP contribution in [-0.2, 0) is 12.8 Å². The van der Waals surface area contributed by atoms with Crippen LogP contribution < -0.4 is 0 Å². The summed E-state index contributed by atoms with van der Waals surface area (Å²) in [7, 11) is 0. The molecule has 1 heterocycles. The summed E-state index contributed by atoms with van der Waals surface area (Å²) in [6.45, 7) is 6.74. The third kappa shape index (κ3) is 5.29. The monoisotopic (exact) mass is 249 g/mol. The van der Waals surface area contributed by atoms with Crippen LogP contribution in [-0.4, -0.2) is 4.98 Å². The number of unbranched alkanes of at least 4 members (excludes halogenated alkanes) is 7. The highest BCUT2D eigenvalue weighted by Gasteiger charge is 2.05. The Kier molecular flexibility index (Phi) is 7.88. The van der Waals surface area contributed by atoms with Crippen molar-refractivity contribution in [3.8, 4) is 0 Å². The summed E-state index contributed by atoms with van der Waals surface area (Å²) < 4.78 is 0. The standard InChI is InChI=1S/C17H31N/c1-4-6-7-8-9-10-11-12-13-17-15(3)18-14-16(17)5-2/h14,18H,4-13H2,1-3H3. The quantitative estimate of drug-likeness (QED) is 0.522. The number of hydrogen-bond donors (Lipinski definition) is 1. The van der Waals surface area contributed by atoms with Gasteiger partial charge in [0.05, 0.1) is 0 Å². The molecule has 1 aromatic heterocycles. The molecule has 0 bridgehead atoms. The fraction of sp³-hybridized carbons (Fsp3) is 0.765. The maximum absolute atomic E-state index is 3.36. The second-order valence-corrected chi connectivity index (χ2v) is 5.50. The second kappa shape index (κ2) is 9.24. The molecule has 0 amide bonds. The van der Waals surface area contributed by atoms with E-state index in [1.807, 2.05) is 0 Å². The number of aromatic nitrogens is 1. The average Bonchev–Trinajstić information content (AvgIpc) is 2.73. The van der Waals surface area contributed by atoms with Gasteiger partial charge in [-0.25, -0.2) is 0 Å². The van der Waals surface area contributed by atoms with Crippen LogP contribution in [0.1, 0.15) is 82.0 Å². The molecule has 0 spiro atoms. The number of nitrogens with one attached hydrogen (secondary N) is 1. The zero-order chi connectivity index (χ0) is 13.2. The highest BCUT2D eigenvalue weighted by molar-refractivity contribution is 5.30. The SMILES string of the molecule is CCCCCCCCCCc1c(CC)c[nH]c1C. The number of aryl methyl sites for hydroxylation is 2. The molecule has 0 unspecified atom stereocenters. The van der Waals surface area contributed by atoms with Crippen molar-refractivity contribution in [2.75, 3.05) is 0 Å². The smallest absolute Gasteiger partial charge is 0.0150 e. The molecule has 0 radical (unpaired) electrons. The van der Waals surface area contributed by atoms with Crippen molar-refractivity contribution in [2.45, 2.75) is 85.0 Å². The minimum absolute atomic E-state index is 1.16. The summed E-state index contributed by atoms with van der Waals surface area (Å²) in [6, 6.07) is 0. The maximum Gasteiger partial charge on any atom is 0.0150 e. The largest absolute Gasteiger partial charge is 0.365 e. The van der Waals surface area contributed by atoms with Crippen LogP contribution in [0.25, 0.3) is 0 Å². The number of aromatic amines is 1. The minimum Gasteiger partial charge on any atom is -0.365 e. The van der Waals surface area contributed by atoms with Crippen LogP contribution in [0.2, 0.25) is 0 Å². The molecule has 1 aromatic rings. The maximum atomic E-state index is 3.36. The van der Waals surface area contributed by atoms with Gasteiger partial charge in [0.2, 0.25) is 0 Å². The molecule has 0 fully saturated rings. The first-order valence-corrected chi connectivity index (χ1v) is 7.95. The first-order chi connectivity index (χ1) is 8.79. The average molecular weight is 249 g/mol. The molecule has 1 nitrogen and oxygen atoms in total. The molecule has 0 aromatic carbocycles. The predicted octanol–water partition coefficient (Wildman–Crippen LogP) is 5.57. The van der Waals surface area contributed by atoms with Crippen LogP contribution in [0.3, 0.4) is 0 Å². The van der Waals surface area contributed by atoms with E-state index < -0.39 is 0 Å². The Morgan fingerprint density at radius 1 is 0.889 bits per heavy atom. The minimum atomic E-state index is 1.16. The summed E-state index contributed by atoms with van der Waals surface area (Å²) in [6.07, 6.45) is 15.9. The summed E-state index contributed by atoms with van der Waals surface area (Å²) in [5.41, 5.74) is 4.49. The van der Waals surface area contributed by atoms with Crippen molar-refractivity contribution in [2.24, 2.45) is 0 Å². The molecule has 0 aliphatic rings. The van der Waals surface area contributed by atoms with Gasteiger partial charge in [0.15, 0.2) is 0 Å². The molecule has 0 atom stereocenters. The molecule has 0 aliphatic heterocycles. The molecular weight excluding hydrogens is 218 g/mol. The molecule has 104 valence electrons. The molecule has 1 rings (SSSR count). The van der Waals surface area contributed by atoms with Gasteiger partial charge in [-0.3, -0.25) is 0 Å². The van der Waals surface area contributed by atoms with Gasteiger partial charge in [-0.15, -0.1) is 0 Å². The highest BCUT2D eigenvalue weighted by Crippen LogP contribution is 2.18. The van der Waals surface area contributed by atoms with Crippen molar-refractivity contribution in [3.63, 3.8) is 0 Å². The van der Waals surface area contributed by atoms with E-state index >= 15 is 0 Å². The van der Waals surface area contributed by atoms with Gasteiger partial charge in [0.25, 0.3) is 0 Å². The lowest BCUT2D eigenvalue weighted by Gasteiger charge is -2.04. The fourth-order valence-electron chi connectivity index (χ4n) is 2.71. The van der Waals surface area contributed by atoms with Gasteiger partial charge in [0, 0.05) is 11.9 Å². The van der Waals surface area contributed by atoms with Crippen LogP contribution in [0.5, 0.6) is 0 Å². The van der Waals surface area contributed by atoms with E-state index in [1.54, 1.807) is 5.56 Å². The van der Waals surface area contributed by atoms with Gasteiger partial charge >= 0.3 is 0 Å². The lowest BCUT2D eigenvalue weighted by molar-refractivity contribution is 0.575. The molecule has 18 heavy (non-hydrogen) atoms. The van der Waals surface area contributed by atoms with E-state index in [0.29, 0.717) is 0 Å². The third-order valence-electron chi connectivity index (χ3n) is 3.96. The topological polar surface area (TPSA) is 15.8 Å². The Labute approximate surface area is 113 Å². The predicted molar refractivity (Wildman–Crippen MR) is 81.2 cm³/mol. The van der Waals surface area contributed by atoms with Crippen molar-refractivity contribution >= 4 is 0 Å². The lowest BCUT2D eigenvalue weighted by Crippen LogP contribution is -1.92. The van der Waals surface area contributed by atoms with E-state index in [4.69, 9.17) is 0 Å². The Bertz CT molecular complexity index is 311. The summed E-state index contributed by atoms with van der Waals surface area (Å²) in [5, 5.41) is 0. The van der Waals surface area contributed by atoms with E-state index in [2.05, 4.69) is 32.0 Å². The van der Waals surface area contributed by atoms with Crippen LogP contribution in [0.4, 0.5) is 0 Å². The normalized spacial score (nSPS) is 11.1. The van der Waals surface area contributed by atoms with Crippen molar-refractivity contribution < 1.29 is 0 Å². The van der Waals surface area contributed by atoms with Crippen molar-refractivity contribution in [1.29, 1.82) is 0 Å². The van der Waals surface area contributed by atoms with Crippen LogP contribution in [0, 0.1) is 6.92 Å². The molecule has 1 heteroatoms. The molecule has 1 N–H and O–H groups in total. The molecular formula is C17H31N. The first-order valence-electron chi connectivity index (χ1n) is 7.95. The Morgan fingerprint density at radius 2 is 1.50 bits per heavy atom. The highest BCUT2D eigenvalue weighted by atomic mass is 14.7. The van der Waals surface area contributed by atoms with Crippen molar-refractivity contribution in [3.05, 3.63) is 23.0 Å². The zero-order valence-electron chi connectivity index (χ0n) is 12.6. The Hall–Kier alpha value is -0.720. The molecule has 0 saturated heterocycles. The number of rotatable bonds is 10. The van der Waals surface area contributed by atoms with Gasteiger partial charge in [-0.1, -0.05) is 58.8 Å². The summed E-state index contributed by atoms with van der Waals surface area (Å²) >= 11 is 0. The Balaban J connectivity index is 2.08. The third-order valence-corrected chi connectivity index (χ3v) is 3.96. The van der Waals surface area contributed by atoms with Gasteiger partial charge in [-0.05, 0) is 37.3 Å².